The zero-order valence-electron chi connectivity index (χ0n) is 15.8. The summed E-state index contributed by atoms with van der Waals surface area (Å²) in [6, 6.07) is 3.66. The van der Waals surface area contributed by atoms with E-state index in [2.05, 4.69) is 4.74 Å². The lowest BCUT2D eigenvalue weighted by molar-refractivity contribution is -0.148. The van der Waals surface area contributed by atoms with Gasteiger partial charge in [0.1, 0.15) is 0 Å². The molecule has 1 saturated heterocycles. The van der Waals surface area contributed by atoms with Gasteiger partial charge in [0.15, 0.2) is 27.9 Å². The maximum atomic E-state index is 12.3. The van der Waals surface area contributed by atoms with Crippen molar-refractivity contribution in [2.75, 3.05) is 32.3 Å². The molecule has 0 radical (unpaired) electrons. The van der Waals surface area contributed by atoms with Crippen LogP contribution in [0.1, 0.15) is 12.0 Å². The lowest BCUT2D eigenvalue weighted by atomic mass is 10.2. The number of hydrogen-bond acceptors (Lipinski definition) is 7. The highest BCUT2D eigenvalue weighted by atomic mass is 32.2. The molecule has 0 spiro atoms. The number of esters is 1. The highest BCUT2D eigenvalue weighted by Crippen LogP contribution is 2.29. The molecule has 29 heavy (non-hydrogen) atoms. The normalized spacial score (nSPS) is 18.0. The van der Waals surface area contributed by atoms with Gasteiger partial charge >= 0.3 is 12.6 Å². The van der Waals surface area contributed by atoms with Gasteiger partial charge in [-0.1, -0.05) is 6.07 Å². The Labute approximate surface area is 166 Å². The Morgan fingerprint density at radius 2 is 2.03 bits per heavy atom. The zero-order valence-corrected chi connectivity index (χ0v) is 16.7. The second-order valence-corrected chi connectivity index (χ2v) is 8.52. The fourth-order valence-corrected chi connectivity index (χ4v) is 4.49. The van der Waals surface area contributed by atoms with Gasteiger partial charge in [-0.25, -0.2) is 13.2 Å². The van der Waals surface area contributed by atoms with E-state index in [0.29, 0.717) is 12.0 Å². The monoisotopic (exact) mass is 433 g/mol. The largest absolute Gasteiger partial charge is 0.493 e. The lowest BCUT2D eigenvalue weighted by Gasteiger charge is -2.22. The predicted octanol–water partition coefficient (Wildman–Crippen LogP) is 1.50. The van der Waals surface area contributed by atoms with E-state index >= 15 is 0 Å². The molecule has 1 aromatic rings. The zero-order chi connectivity index (χ0) is 21.6. The highest BCUT2D eigenvalue weighted by molar-refractivity contribution is 7.91. The second kappa shape index (κ2) is 9.68. The molecule has 1 atom stereocenters. The molecule has 1 heterocycles. The van der Waals surface area contributed by atoms with Crippen LogP contribution in [0.3, 0.4) is 0 Å². The molecule has 0 saturated carbocycles. The maximum Gasteiger partial charge on any atom is 0.387 e. The SMILES string of the molecule is COc1cc(/C=C/C(=O)OCC(=O)N(C)[C@H]2CCS(=O)(=O)C2)ccc1OC(F)F. The molecular formula is C18H21F2NO7S. The van der Waals surface area contributed by atoms with E-state index in [-0.39, 0.29) is 23.0 Å². The fourth-order valence-electron chi connectivity index (χ4n) is 2.71. The Hall–Kier alpha value is -2.69. The van der Waals surface area contributed by atoms with E-state index < -0.39 is 41.0 Å². The number of hydrogen-bond donors (Lipinski definition) is 0. The highest BCUT2D eigenvalue weighted by Gasteiger charge is 2.32. The molecule has 2 rings (SSSR count). The summed E-state index contributed by atoms with van der Waals surface area (Å²) < 4.78 is 61.8. The Kier molecular flexibility index (Phi) is 7.54. The first-order chi connectivity index (χ1) is 13.6. The number of halogens is 2. The Balaban J connectivity index is 1.88. The minimum atomic E-state index is -3.13. The van der Waals surface area contributed by atoms with Crippen LogP contribution in [0.2, 0.25) is 0 Å². The van der Waals surface area contributed by atoms with Crippen molar-refractivity contribution >= 4 is 27.8 Å². The number of methoxy groups -OCH3 is 1. The van der Waals surface area contributed by atoms with Crippen molar-refractivity contribution in [1.29, 1.82) is 0 Å². The third kappa shape index (κ3) is 6.70. The summed E-state index contributed by atoms with van der Waals surface area (Å²) in [6.07, 6.45) is 2.77. The standard InChI is InChI=1S/C18H21F2NO7S/c1-21(13-7-8-29(24,25)11-13)16(22)10-27-17(23)6-4-12-3-5-14(28-18(19)20)15(9-12)26-2/h3-6,9,13,18H,7-8,10-11H2,1-2H3/b6-4+/t13-/m0/s1. The van der Waals surface area contributed by atoms with Gasteiger partial charge in [0.25, 0.3) is 5.91 Å². The van der Waals surface area contributed by atoms with Gasteiger partial charge in [0.05, 0.1) is 18.6 Å². The molecule has 160 valence electrons. The van der Waals surface area contributed by atoms with Crippen molar-refractivity contribution in [1.82, 2.24) is 4.90 Å². The van der Waals surface area contributed by atoms with E-state index in [1.54, 1.807) is 0 Å². The average molecular weight is 433 g/mol. The Morgan fingerprint density at radius 1 is 1.31 bits per heavy atom. The van der Waals surface area contributed by atoms with Gasteiger partial charge < -0.3 is 19.1 Å². The van der Waals surface area contributed by atoms with Crippen LogP contribution in [0, 0.1) is 0 Å². The Morgan fingerprint density at radius 3 is 2.62 bits per heavy atom. The van der Waals surface area contributed by atoms with Crippen LogP contribution >= 0.6 is 0 Å². The van der Waals surface area contributed by atoms with Gasteiger partial charge in [0, 0.05) is 19.2 Å². The van der Waals surface area contributed by atoms with E-state index in [4.69, 9.17) is 9.47 Å². The van der Waals surface area contributed by atoms with Crippen molar-refractivity contribution in [3.8, 4) is 11.5 Å². The molecule has 1 aromatic carbocycles. The minimum absolute atomic E-state index is 0.0302. The third-order valence-corrected chi connectivity index (χ3v) is 6.05. The summed E-state index contributed by atoms with van der Waals surface area (Å²) >= 11 is 0. The molecule has 11 heteroatoms. The molecule has 1 amide bonds. The average Bonchev–Trinajstić information content (AvgIpc) is 3.03. The van der Waals surface area contributed by atoms with E-state index in [9.17, 15) is 26.8 Å². The molecule has 1 aliphatic rings. The maximum absolute atomic E-state index is 12.3. The summed E-state index contributed by atoms with van der Waals surface area (Å²) in [5, 5.41) is 0. The van der Waals surface area contributed by atoms with Crippen molar-refractivity contribution in [3.63, 3.8) is 0 Å². The molecule has 1 fully saturated rings. The van der Waals surface area contributed by atoms with E-state index in [1.807, 2.05) is 0 Å². The van der Waals surface area contributed by atoms with Crippen molar-refractivity contribution in [3.05, 3.63) is 29.8 Å². The summed E-state index contributed by atoms with van der Waals surface area (Å²) in [7, 11) is -0.384. The molecule has 8 nitrogen and oxygen atoms in total. The second-order valence-electron chi connectivity index (χ2n) is 6.29. The lowest BCUT2D eigenvalue weighted by Crippen LogP contribution is -2.40. The van der Waals surface area contributed by atoms with Gasteiger partial charge in [-0.15, -0.1) is 0 Å². The Bertz CT molecular complexity index is 886. The third-order valence-electron chi connectivity index (χ3n) is 4.30. The molecule has 0 unspecified atom stereocenters. The summed E-state index contributed by atoms with van der Waals surface area (Å²) in [5.41, 5.74) is 0.458. The number of likely N-dealkylation sites (N-methyl/N-ethyl adjacent to an activating group) is 1. The van der Waals surface area contributed by atoms with Crippen LogP contribution in [0.15, 0.2) is 24.3 Å². The molecule has 1 aliphatic heterocycles. The number of amides is 1. The van der Waals surface area contributed by atoms with Crippen molar-refractivity contribution in [2.45, 2.75) is 19.1 Å². The number of carbonyl (C=O) groups excluding carboxylic acids is 2. The summed E-state index contributed by atoms with van der Waals surface area (Å²) in [4.78, 5) is 25.1. The first kappa shape index (κ1) is 22.6. The van der Waals surface area contributed by atoms with Crippen LogP contribution < -0.4 is 9.47 Å². The van der Waals surface area contributed by atoms with Gasteiger partial charge in [-0.3, -0.25) is 4.79 Å². The number of rotatable bonds is 8. The van der Waals surface area contributed by atoms with Crippen LogP contribution in [0.4, 0.5) is 8.78 Å². The van der Waals surface area contributed by atoms with Crippen molar-refractivity contribution in [2.24, 2.45) is 0 Å². The minimum Gasteiger partial charge on any atom is -0.493 e. The quantitative estimate of drug-likeness (QED) is 0.453. The number of alkyl halides is 2. The molecule has 0 N–H and O–H groups in total. The molecule has 0 bridgehead atoms. The number of sulfone groups is 1. The number of nitrogens with zero attached hydrogens (tertiary/aromatic N) is 1. The van der Waals surface area contributed by atoms with E-state index in [0.717, 1.165) is 6.08 Å². The van der Waals surface area contributed by atoms with Crippen LogP contribution in [-0.2, 0) is 24.2 Å². The molecular weight excluding hydrogens is 412 g/mol. The van der Waals surface area contributed by atoms with Gasteiger partial charge in [0.2, 0.25) is 0 Å². The van der Waals surface area contributed by atoms with Crippen molar-refractivity contribution < 1.29 is 41.0 Å². The summed E-state index contributed by atoms with van der Waals surface area (Å²) in [6.45, 7) is -3.53. The fraction of sp³-hybridized carbons (Fsp3) is 0.444. The number of benzene rings is 1. The molecule has 0 aliphatic carbocycles. The van der Waals surface area contributed by atoms with Crippen LogP contribution in [0.5, 0.6) is 11.5 Å². The summed E-state index contributed by atoms with van der Waals surface area (Å²) in [5.74, 6) is -1.46. The number of carbonyl (C=O) groups is 2. The topological polar surface area (TPSA) is 99.2 Å². The first-order valence-electron chi connectivity index (χ1n) is 8.55. The molecule has 0 aromatic heterocycles. The van der Waals surface area contributed by atoms with Crippen LogP contribution in [-0.4, -0.2) is 70.1 Å². The smallest absolute Gasteiger partial charge is 0.387 e. The van der Waals surface area contributed by atoms with Crippen LogP contribution in [0.25, 0.3) is 6.08 Å². The number of ether oxygens (including phenoxy) is 3. The van der Waals surface area contributed by atoms with Gasteiger partial charge in [-0.2, -0.15) is 8.78 Å². The van der Waals surface area contributed by atoms with E-state index in [1.165, 1.54) is 43.3 Å². The predicted molar refractivity (Wildman–Crippen MR) is 99.4 cm³/mol. The van der Waals surface area contributed by atoms with Gasteiger partial charge in [-0.05, 0) is 30.2 Å². The first-order valence-corrected chi connectivity index (χ1v) is 10.4.